The Kier molecular flexibility index (Phi) is 4.56. The first-order valence-electron chi connectivity index (χ1n) is 6.84. The van der Waals surface area contributed by atoms with E-state index in [1.807, 2.05) is 24.3 Å². The number of hydrogen-bond acceptors (Lipinski definition) is 4. The molecule has 0 fully saturated rings. The van der Waals surface area contributed by atoms with Gasteiger partial charge in [-0.05, 0) is 28.0 Å². The van der Waals surface area contributed by atoms with Crippen LogP contribution in [0.2, 0.25) is 0 Å². The number of nitrogens with two attached hydrogens (primary N) is 1. The van der Waals surface area contributed by atoms with Crippen molar-refractivity contribution in [2.24, 2.45) is 5.73 Å². The minimum atomic E-state index is -3.42. The van der Waals surface area contributed by atoms with Gasteiger partial charge in [-0.25, -0.2) is 8.42 Å². The van der Waals surface area contributed by atoms with Crippen LogP contribution in [0.15, 0.2) is 46.0 Å². The van der Waals surface area contributed by atoms with Gasteiger partial charge in [0.15, 0.2) is 9.84 Å². The summed E-state index contributed by atoms with van der Waals surface area (Å²) in [5.41, 5.74) is 7.72. The molecule has 0 spiro atoms. The Balaban J connectivity index is 2.39. The second-order valence-corrected chi connectivity index (χ2v) is 9.38. The number of thiophene rings is 1. The molecule has 2 N–H and O–H groups in total. The molecule has 0 saturated heterocycles. The van der Waals surface area contributed by atoms with E-state index >= 15 is 0 Å². The maximum Gasteiger partial charge on any atom is 0.195 e. The fourth-order valence-corrected chi connectivity index (χ4v) is 5.02. The third-order valence-electron chi connectivity index (χ3n) is 3.51. The lowest BCUT2D eigenvalue weighted by Gasteiger charge is -2.21. The van der Waals surface area contributed by atoms with Gasteiger partial charge in [-0.15, -0.1) is 11.3 Å². The molecule has 0 aliphatic carbocycles. The summed E-state index contributed by atoms with van der Waals surface area (Å²) in [5, 5.41) is 1.08. The highest BCUT2D eigenvalue weighted by atomic mass is 32.2. The summed E-state index contributed by atoms with van der Waals surface area (Å²) in [4.78, 5) is 0. The standard InChI is InChI=1S/C16H21NO2S2/c1-16(2,3)13-8-6-12(7-9-13)14(11-17)21(18,19)15-5-4-10-20-15/h4-10,14H,11,17H2,1-3H3. The second kappa shape index (κ2) is 5.91. The molecule has 2 rings (SSSR count). The highest BCUT2D eigenvalue weighted by molar-refractivity contribution is 7.93. The molecule has 1 unspecified atom stereocenters. The van der Waals surface area contributed by atoms with Crippen LogP contribution in [0.3, 0.4) is 0 Å². The molecule has 1 atom stereocenters. The van der Waals surface area contributed by atoms with Gasteiger partial charge >= 0.3 is 0 Å². The smallest absolute Gasteiger partial charge is 0.195 e. The molecule has 0 bridgehead atoms. The third-order valence-corrected chi connectivity index (χ3v) is 7.07. The maximum atomic E-state index is 12.6. The number of sulfone groups is 1. The van der Waals surface area contributed by atoms with Gasteiger partial charge in [0, 0.05) is 6.54 Å². The molecule has 0 radical (unpaired) electrons. The average molecular weight is 323 g/mol. The monoisotopic (exact) mass is 323 g/mol. The van der Waals surface area contributed by atoms with E-state index in [9.17, 15) is 8.42 Å². The Morgan fingerprint density at radius 2 is 1.76 bits per heavy atom. The molecule has 0 amide bonds. The number of hydrogen-bond donors (Lipinski definition) is 1. The molecular formula is C16H21NO2S2. The molecular weight excluding hydrogens is 302 g/mol. The van der Waals surface area contributed by atoms with Crippen molar-refractivity contribution >= 4 is 21.2 Å². The summed E-state index contributed by atoms with van der Waals surface area (Å²) in [6, 6.07) is 11.1. The fraction of sp³-hybridized carbons (Fsp3) is 0.375. The van der Waals surface area contributed by atoms with E-state index in [1.165, 1.54) is 16.9 Å². The lowest BCUT2D eigenvalue weighted by Crippen LogP contribution is -2.22. The van der Waals surface area contributed by atoms with Crippen molar-refractivity contribution in [1.29, 1.82) is 0 Å². The number of rotatable bonds is 4. The van der Waals surface area contributed by atoms with E-state index in [-0.39, 0.29) is 12.0 Å². The first kappa shape index (κ1) is 16.2. The Morgan fingerprint density at radius 1 is 1.14 bits per heavy atom. The molecule has 0 aliphatic rings. The molecule has 1 heterocycles. The first-order chi connectivity index (χ1) is 9.76. The summed E-state index contributed by atoms with van der Waals surface area (Å²) in [7, 11) is -3.42. The SMILES string of the molecule is CC(C)(C)c1ccc(C(CN)S(=O)(=O)c2cccs2)cc1. The summed E-state index contributed by atoms with van der Waals surface area (Å²) < 4.78 is 25.6. The lowest BCUT2D eigenvalue weighted by atomic mass is 9.86. The predicted octanol–water partition coefficient (Wildman–Crippen LogP) is 3.52. The van der Waals surface area contributed by atoms with Gasteiger partial charge in [0.2, 0.25) is 0 Å². The van der Waals surface area contributed by atoms with Crippen LogP contribution in [-0.2, 0) is 15.3 Å². The summed E-state index contributed by atoms with van der Waals surface area (Å²) in [6.07, 6.45) is 0. The highest BCUT2D eigenvalue weighted by Gasteiger charge is 2.29. The van der Waals surface area contributed by atoms with Gasteiger partial charge in [-0.1, -0.05) is 51.1 Å². The topological polar surface area (TPSA) is 60.2 Å². The van der Waals surface area contributed by atoms with Crippen LogP contribution in [0, 0.1) is 0 Å². The summed E-state index contributed by atoms with van der Waals surface area (Å²) in [6.45, 7) is 6.47. The molecule has 1 aromatic carbocycles. The zero-order chi connectivity index (χ0) is 15.7. The van der Waals surface area contributed by atoms with Crippen LogP contribution in [0.4, 0.5) is 0 Å². The fourth-order valence-electron chi connectivity index (χ4n) is 2.21. The summed E-state index contributed by atoms with van der Waals surface area (Å²) >= 11 is 1.23. The van der Waals surface area contributed by atoms with Crippen LogP contribution in [0.1, 0.15) is 37.1 Å². The Bertz CT molecular complexity index is 681. The van der Waals surface area contributed by atoms with E-state index in [0.717, 1.165) is 5.56 Å². The zero-order valence-corrected chi connectivity index (χ0v) is 14.2. The predicted molar refractivity (Wildman–Crippen MR) is 88.4 cm³/mol. The van der Waals surface area contributed by atoms with Crippen molar-refractivity contribution in [3.8, 4) is 0 Å². The van der Waals surface area contributed by atoms with Gasteiger partial charge in [0.1, 0.15) is 9.46 Å². The quantitative estimate of drug-likeness (QED) is 0.936. The molecule has 5 heteroatoms. The Labute approximate surface area is 130 Å². The second-order valence-electron chi connectivity index (χ2n) is 6.07. The Morgan fingerprint density at radius 3 is 2.19 bits per heavy atom. The Hall–Kier alpha value is -1.17. The van der Waals surface area contributed by atoms with Crippen molar-refractivity contribution in [2.45, 2.75) is 35.6 Å². The van der Waals surface area contributed by atoms with Gasteiger partial charge in [0.25, 0.3) is 0 Å². The normalized spacial score (nSPS) is 14.1. The van der Waals surface area contributed by atoms with E-state index in [2.05, 4.69) is 20.8 Å². The highest BCUT2D eigenvalue weighted by Crippen LogP contribution is 2.32. The van der Waals surface area contributed by atoms with Crippen molar-refractivity contribution in [2.75, 3.05) is 6.54 Å². The minimum Gasteiger partial charge on any atom is -0.329 e. The molecule has 114 valence electrons. The van der Waals surface area contributed by atoms with Crippen LogP contribution >= 0.6 is 11.3 Å². The molecule has 0 aliphatic heterocycles. The van der Waals surface area contributed by atoms with Crippen LogP contribution in [-0.4, -0.2) is 15.0 Å². The van der Waals surface area contributed by atoms with Gasteiger partial charge in [-0.3, -0.25) is 0 Å². The summed E-state index contributed by atoms with van der Waals surface area (Å²) in [5.74, 6) is 0. The maximum absolute atomic E-state index is 12.6. The van der Waals surface area contributed by atoms with E-state index < -0.39 is 15.1 Å². The molecule has 3 nitrogen and oxygen atoms in total. The van der Waals surface area contributed by atoms with E-state index in [0.29, 0.717) is 4.21 Å². The van der Waals surface area contributed by atoms with Gasteiger partial charge in [-0.2, -0.15) is 0 Å². The van der Waals surface area contributed by atoms with Crippen molar-refractivity contribution in [1.82, 2.24) is 0 Å². The largest absolute Gasteiger partial charge is 0.329 e. The lowest BCUT2D eigenvalue weighted by molar-refractivity contribution is 0.583. The van der Waals surface area contributed by atoms with Crippen molar-refractivity contribution in [3.05, 3.63) is 52.9 Å². The van der Waals surface area contributed by atoms with Crippen LogP contribution in [0.25, 0.3) is 0 Å². The first-order valence-corrected chi connectivity index (χ1v) is 9.27. The molecule has 21 heavy (non-hydrogen) atoms. The third kappa shape index (κ3) is 3.36. The van der Waals surface area contributed by atoms with E-state index in [4.69, 9.17) is 5.73 Å². The van der Waals surface area contributed by atoms with Gasteiger partial charge < -0.3 is 5.73 Å². The van der Waals surface area contributed by atoms with Gasteiger partial charge in [0.05, 0.1) is 0 Å². The molecule has 0 saturated carbocycles. The van der Waals surface area contributed by atoms with Crippen LogP contribution in [0.5, 0.6) is 0 Å². The van der Waals surface area contributed by atoms with Crippen molar-refractivity contribution < 1.29 is 8.42 Å². The number of benzene rings is 1. The van der Waals surface area contributed by atoms with Crippen LogP contribution < -0.4 is 5.73 Å². The minimum absolute atomic E-state index is 0.0450. The van der Waals surface area contributed by atoms with Crippen molar-refractivity contribution in [3.63, 3.8) is 0 Å². The molecule has 2 aromatic rings. The molecule has 1 aromatic heterocycles. The zero-order valence-electron chi connectivity index (χ0n) is 12.5. The van der Waals surface area contributed by atoms with E-state index in [1.54, 1.807) is 17.5 Å². The average Bonchev–Trinajstić information content (AvgIpc) is 2.93.